The van der Waals surface area contributed by atoms with E-state index in [1.165, 1.54) is 18.9 Å². The van der Waals surface area contributed by atoms with Crippen molar-refractivity contribution in [2.24, 2.45) is 10.9 Å². The van der Waals surface area contributed by atoms with Gasteiger partial charge in [-0.2, -0.15) is 0 Å². The van der Waals surface area contributed by atoms with Gasteiger partial charge >= 0.3 is 0 Å². The Morgan fingerprint density at radius 2 is 2.33 bits per heavy atom. The molecule has 24 heavy (non-hydrogen) atoms. The van der Waals surface area contributed by atoms with Gasteiger partial charge in [-0.3, -0.25) is 4.99 Å². The second-order valence-electron chi connectivity index (χ2n) is 6.68. The van der Waals surface area contributed by atoms with Crippen LogP contribution in [0, 0.1) is 11.7 Å². The Hall–Kier alpha value is -2.04. The first-order valence-electron chi connectivity index (χ1n) is 8.96. The van der Waals surface area contributed by atoms with Crippen LogP contribution in [0.5, 0.6) is 0 Å². The molecule has 1 aliphatic rings. The van der Waals surface area contributed by atoms with Crippen LogP contribution >= 0.6 is 0 Å². The molecule has 130 valence electrons. The summed E-state index contributed by atoms with van der Waals surface area (Å²) in [5.41, 5.74) is 2.10. The molecule has 1 fully saturated rings. The van der Waals surface area contributed by atoms with Crippen LogP contribution < -0.4 is 5.32 Å². The molecule has 1 saturated heterocycles. The number of fused-ring (bicyclic) bond motifs is 1. The number of halogens is 1. The Balaban J connectivity index is 1.68. The standard InChI is InChI=1S/C19H27FN4/c1-3-21-19(24-10-4-5-14(2)13-24)22-9-8-15-12-23-18-7-6-16(20)11-17(15)18/h6-7,11-12,14,23H,3-5,8-10,13H2,1-2H3,(H,21,22). The number of piperidine rings is 1. The van der Waals surface area contributed by atoms with E-state index in [2.05, 4.69) is 29.0 Å². The Kier molecular flexibility index (Phi) is 5.38. The van der Waals surface area contributed by atoms with Gasteiger partial charge in [0.25, 0.3) is 0 Å². The van der Waals surface area contributed by atoms with Crippen LogP contribution in [-0.2, 0) is 6.42 Å². The van der Waals surface area contributed by atoms with Gasteiger partial charge in [0, 0.05) is 43.3 Å². The number of nitrogens with one attached hydrogen (secondary N) is 2. The van der Waals surface area contributed by atoms with Gasteiger partial charge in [-0.05, 0) is 55.9 Å². The summed E-state index contributed by atoms with van der Waals surface area (Å²) in [6.07, 6.45) is 5.31. The van der Waals surface area contributed by atoms with E-state index in [4.69, 9.17) is 4.99 Å². The van der Waals surface area contributed by atoms with E-state index in [9.17, 15) is 4.39 Å². The number of hydrogen-bond donors (Lipinski definition) is 2. The van der Waals surface area contributed by atoms with Crippen molar-refractivity contribution in [1.29, 1.82) is 0 Å². The number of aliphatic imine (C=N–C) groups is 1. The average Bonchev–Trinajstić information content (AvgIpc) is 2.96. The minimum atomic E-state index is -0.192. The summed E-state index contributed by atoms with van der Waals surface area (Å²) in [7, 11) is 0. The van der Waals surface area contributed by atoms with E-state index >= 15 is 0 Å². The largest absolute Gasteiger partial charge is 0.361 e. The molecule has 2 N–H and O–H groups in total. The number of guanidine groups is 1. The molecule has 0 amide bonds. The molecular weight excluding hydrogens is 303 g/mol. The second-order valence-corrected chi connectivity index (χ2v) is 6.68. The van der Waals surface area contributed by atoms with Crippen molar-refractivity contribution in [3.05, 3.63) is 35.8 Å². The third kappa shape index (κ3) is 3.89. The lowest BCUT2D eigenvalue weighted by Gasteiger charge is -2.33. The summed E-state index contributed by atoms with van der Waals surface area (Å²) in [6, 6.07) is 4.88. The normalized spacial score (nSPS) is 19.0. The molecular formula is C19H27FN4. The van der Waals surface area contributed by atoms with Crippen LogP contribution in [0.4, 0.5) is 4.39 Å². The van der Waals surface area contributed by atoms with Gasteiger partial charge in [0.1, 0.15) is 5.82 Å². The smallest absolute Gasteiger partial charge is 0.193 e. The van der Waals surface area contributed by atoms with Crippen molar-refractivity contribution < 1.29 is 4.39 Å². The third-order valence-corrected chi connectivity index (χ3v) is 4.66. The topological polar surface area (TPSA) is 43.4 Å². The van der Waals surface area contributed by atoms with E-state index in [1.54, 1.807) is 12.1 Å². The molecule has 3 rings (SSSR count). The minimum absolute atomic E-state index is 0.192. The lowest BCUT2D eigenvalue weighted by molar-refractivity contribution is 0.266. The molecule has 2 heterocycles. The van der Waals surface area contributed by atoms with Gasteiger partial charge in [0.05, 0.1) is 0 Å². The summed E-state index contributed by atoms with van der Waals surface area (Å²) < 4.78 is 13.5. The van der Waals surface area contributed by atoms with Crippen molar-refractivity contribution in [1.82, 2.24) is 15.2 Å². The molecule has 0 aliphatic carbocycles. The van der Waals surface area contributed by atoms with Gasteiger partial charge in [0.2, 0.25) is 0 Å². The molecule has 5 heteroatoms. The zero-order valence-corrected chi connectivity index (χ0v) is 14.6. The highest BCUT2D eigenvalue weighted by Gasteiger charge is 2.19. The number of H-pyrrole nitrogens is 1. The number of nitrogens with zero attached hydrogens (tertiary/aromatic N) is 2. The quantitative estimate of drug-likeness (QED) is 0.665. The number of likely N-dealkylation sites (tertiary alicyclic amines) is 1. The van der Waals surface area contributed by atoms with E-state index in [0.717, 1.165) is 54.4 Å². The van der Waals surface area contributed by atoms with E-state index in [-0.39, 0.29) is 5.82 Å². The van der Waals surface area contributed by atoms with Crippen molar-refractivity contribution in [3.8, 4) is 0 Å². The van der Waals surface area contributed by atoms with E-state index < -0.39 is 0 Å². The molecule has 0 radical (unpaired) electrons. The number of hydrogen-bond acceptors (Lipinski definition) is 1. The fraction of sp³-hybridized carbons (Fsp3) is 0.526. The monoisotopic (exact) mass is 330 g/mol. The van der Waals surface area contributed by atoms with Crippen LogP contribution in [0.1, 0.15) is 32.3 Å². The molecule has 4 nitrogen and oxygen atoms in total. The Morgan fingerprint density at radius 1 is 1.46 bits per heavy atom. The molecule has 1 atom stereocenters. The molecule has 1 aromatic carbocycles. The zero-order valence-electron chi connectivity index (χ0n) is 14.6. The lowest BCUT2D eigenvalue weighted by atomic mass is 10.0. The SMILES string of the molecule is CCNC(=NCCc1c[nH]c2ccc(F)cc12)N1CCCC(C)C1. The van der Waals surface area contributed by atoms with Gasteiger partial charge in [-0.25, -0.2) is 4.39 Å². The molecule has 1 aliphatic heterocycles. The van der Waals surface area contributed by atoms with Crippen molar-refractivity contribution >= 4 is 16.9 Å². The first-order chi connectivity index (χ1) is 11.7. The number of aromatic nitrogens is 1. The fourth-order valence-corrected chi connectivity index (χ4v) is 3.45. The van der Waals surface area contributed by atoms with Crippen LogP contribution in [0.25, 0.3) is 10.9 Å². The van der Waals surface area contributed by atoms with Crippen molar-refractivity contribution in [3.63, 3.8) is 0 Å². The maximum atomic E-state index is 13.5. The summed E-state index contributed by atoms with van der Waals surface area (Å²) in [5, 5.41) is 4.37. The van der Waals surface area contributed by atoms with Crippen LogP contribution in [0.2, 0.25) is 0 Å². The van der Waals surface area contributed by atoms with Crippen LogP contribution in [0.15, 0.2) is 29.4 Å². The first kappa shape index (κ1) is 16.8. The van der Waals surface area contributed by atoms with Gasteiger partial charge in [0.15, 0.2) is 5.96 Å². The maximum Gasteiger partial charge on any atom is 0.193 e. The van der Waals surface area contributed by atoms with Crippen LogP contribution in [0.3, 0.4) is 0 Å². The number of rotatable bonds is 4. The molecule has 0 saturated carbocycles. The summed E-state index contributed by atoms with van der Waals surface area (Å²) in [4.78, 5) is 10.4. The highest BCUT2D eigenvalue weighted by molar-refractivity contribution is 5.83. The number of benzene rings is 1. The summed E-state index contributed by atoms with van der Waals surface area (Å²) >= 11 is 0. The Bertz CT molecular complexity index is 706. The predicted octanol–water partition coefficient (Wildman–Crippen LogP) is 3.55. The lowest BCUT2D eigenvalue weighted by Crippen LogP contribution is -2.46. The number of aromatic amines is 1. The second kappa shape index (κ2) is 7.69. The highest BCUT2D eigenvalue weighted by atomic mass is 19.1. The van der Waals surface area contributed by atoms with Crippen LogP contribution in [-0.4, -0.2) is 42.0 Å². The minimum Gasteiger partial charge on any atom is -0.361 e. The van der Waals surface area contributed by atoms with Gasteiger partial charge in [-0.1, -0.05) is 6.92 Å². The first-order valence-corrected chi connectivity index (χ1v) is 8.96. The zero-order chi connectivity index (χ0) is 16.9. The fourth-order valence-electron chi connectivity index (χ4n) is 3.45. The third-order valence-electron chi connectivity index (χ3n) is 4.66. The predicted molar refractivity (Wildman–Crippen MR) is 97.9 cm³/mol. The molecule has 0 spiro atoms. The van der Waals surface area contributed by atoms with Crippen molar-refractivity contribution in [2.75, 3.05) is 26.2 Å². The summed E-state index contributed by atoms with van der Waals surface area (Å²) in [6.45, 7) is 8.14. The Morgan fingerprint density at radius 3 is 3.12 bits per heavy atom. The molecule has 1 aromatic heterocycles. The van der Waals surface area contributed by atoms with Crippen molar-refractivity contribution in [2.45, 2.75) is 33.1 Å². The van der Waals surface area contributed by atoms with Gasteiger partial charge < -0.3 is 15.2 Å². The van der Waals surface area contributed by atoms with E-state index in [0.29, 0.717) is 6.54 Å². The maximum absolute atomic E-state index is 13.5. The average molecular weight is 330 g/mol. The molecule has 1 unspecified atom stereocenters. The Labute approximate surface area is 143 Å². The van der Waals surface area contributed by atoms with E-state index in [1.807, 2.05) is 6.20 Å². The molecule has 2 aromatic rings. The highest BCUT2D eigenvalue weighted by Crippen LogP contribution is 2.20. The molecule has 0 bridgehead atoms. The summed E-state index contributed by atoms with van der Waals surface area (Å²) in [5.74, 6) is 1.54. The van der Waals surface area contributed by atoms with Gasteiger partial charge in [-0.15, -0.1) is 0 Å².